The first kappa shape index (κ1) is 25.0. The molecule has 5 nitrogen and oxygen atoms in total. The summed E-state index contributed by atoms with van der Waals surface area (Å²) in [6.07, 6.45) is 0.623. The molecule has 0 atom stereocenters. The number of benzene rings is 2. The van der Waals surface area contributed by atoms with Gasteiger partial charge in [-0.25, -0.2) is 4.98 Å². The van der Waals surface area contributed by atoms with Crippen molar-refractivity contribution < 1.29 is 9.90 Å². The van der Waals surface area contributed by atoms with E-state index >= 15 is 0 Å². The third-order valence-corrected chi connectivity index (χ3v) is 6.27. The van der Waals surface area contributed by atoms with Crippen molar-refractivity contribution in [2.45, 2.75) is 79.2 Å². The van der Waals surface area contributed by atoms with E-state index in [1.54, 1.807) is 0 Å². The molecule has 178 valence electrons. The molecule has 0 radical (unpaired) electrons. The van der Waals surface area contributed by atoms with Crippen LogP contribution in [0.5, 0.6) is 0 Å². The van der Waals surface area contributed by atoms with Crippen molar-refractivity contribution in [3.05, 3.63) is 58.1 Å². The molecule has 33 heavy (non-hydrogen) atoms. The first-order valence-corrected chi connectivity index (χ1v) is 11.8. The van der Waals surface area contributed by atoms with Crippen LogP contribution in [0.2, 0.25) is 0 Å². The van der Waals surface area contributed by atoms with E-state index < -0.39 is 0 Å². The lowest BCUT2D eigenvalue weighted by atomic mass is 9.79. The number of carbonyl (C=O) groups excluding carboxylic acids is 1. The molecule has 3 rings (SSSR count). The van der Waals surface area contributed by atoms with Gasteiger partial charge in [-0.3, -0.25) is 4.79 Å². The number of ketones is 1. The summed E-state index contributed by atoms with van der Waals surface area (Å²) >= 11 is 0. The summed E-state index contributed by atoms with van der Waals surface area (Å²) in [6.45, 7) is 18.2. The number of nitrogens with zero attached hydrogens (tertiary/aromatic N) is 2. The van der Waals surface area contributed by atoms with E-state index in [1.807, 2.05) is 16.7 Å². The predicted octanol–water partition coefficient (Wildman–Crippen LogP) is 5.93. The second-order valence-electron chi connectivity index (χ2n) is 11.2. The summed E-state index contributed by atoms with van der Waals surface area (Å²) in [5, 5.41) is 12.5. The summed E-state index contributed by atoms with van der Waals surface area (Å²) in [4.78, 5) is 18.4. The van der Waals surface area contributed by atoms with Gasteiger partial charge in [-0.15, -0.1) is 0 Å². The Labute approximate surface area is 198 Å². The number of rotatable bonds is 7. The fourth-order valence-electron chi connectivity index (χ4n) is 3.84. The molecular formula is C28H39N3O2. The SMILES string of the molecule is Cc1cc2nc(NCCCO)n(CC(=O)c3cc(C(C)(C)C)cc(C(C)(C)C)c3)c2cc1C. The minimum atomic E-state index is -0.0519. The maximum Gasteiger partial charge on any atom is 0.204 e. The second kappa shape index (κ2) is 9.30. The molecule has 0 unspecified atom stereocenters. The predicted molar refractivity (Wildman–Crippen MR) is 138 cm³/mol. The number of aryl methyl sites for hydroxylation is 2. The summed E-state index contributed by atoms with van der Waals surface area (Å²) in [6, 6.07) is 10.5. The molecule has 0 aliphatic heterocycles. The molecule has 1 heterocycles. The molecule has 2 aromatic carbocycles. The van der Waals surface area contributed by atoms with Crippen molar-refractivity contribution in [1.82, 2.24) is 9.55 Å². The maximum atomic E-state index is 13.6. The number of aromatic nitrogens is 2. The third kappa shape index (κ3) is 5.64. The molecule has 5 heteroatoms. The molecule has 0 spiro atoms. The van der Waals surface area contributed by atoms with Gasteiger partial charge in [0.15, 0.2) is 5.78 Å². The normalized spacial score (nSPS) is 12.4. The smallest absolute Gasteiger partial charge is 0.204 e. The van der Waals surface area contributed by atoms with Gasteiger partial charge in [0.1, 0.15) is 0 Å². The van der Waals surface area contributed by atoms with Gasteiger partial charge in [-0.05, 0) is 77.6 Å². The summed E-state index contributed by atoms with van der Waals surface area (Å²) in [7, 11) is 0. The number of anilines is 1. The van der Waals surface area contributed by atoms with Crippen LogP contribution < -0.4 is 5.32 Å². The first-order valence-electron chi connectivity index (χ1n) is 11.8. The molecule has 2 N–H and O–H groups in total. The average Bonchev–Trinajstić information content (AvgIpc) is 3.03. The zero-order chi connectivity index (χ0) is 24.6. The lowest BCUT2D eigenvalue weighted by molar-refractivity contribution is 0.0973. The van der Waals surface area contributed by atoms with E-state index in [9.17, 15) is 9.90 Å². The summed E-state index contributed by atoms with van der Waals surface area (Å²) < 4.78 is 1.97. The van der Waals surface area contributed by atoms with Crippen LogP contribution in [0.15, 0.2) is 30.3 Å². The number of Topliss-reactive ketones (excluding diaryl/α,β-unsaturated/α-hetero) is 1. The quantitative estimate of drug-likeness (QED) is 0.347. The highest BCUT2D eigenvalue weighted by Crippen LogP contribution is 2.31. The highest BCUT2D eigenvalue weighted by atomic mass is 16.3. The Morgan fingerprint density at radius 1 is 0.939 bits per heavy atom. The molecule has 0 aliphatic rings. The fourth-order valence-corrected chi connectivity index (χ4v) is 3.84. The van der Waals surface area contributed by atoms with Gasteiger partial charge in [0, 0.05) is 18.7 Å². The van der Waals surface area contributed by atoms with Gasteiger partial charge >= 0.3 is 0 Å². The van der Waals surface area contributed by atoms with Gasteiger partial charge in [0.2, 0.25) is 5.95 Å². The minimum Gasteiger partial charge on any atom is -0.396 e. The number of hydrogen-bond donors (Lipinski definition) is 2. The van der Waals surface area contributed by atoms with E-state index in [4.69, 9.17) is 4.98 Å². The molecule has 1 aromatic heterocycles. The van der Waals surface area contributed by atoms with E-state index in [0.29, 0.717) is 18.9 Å². The van der Waals surface area contributed by atoms with Crippen molar-refractivity contribution in [1.29, 1.82) is 0 Å². The Kier molecular flexibility index (Phi) is 7.04. The molecule has 0 fully saturated rings. The minimum absolute atomic E-state index is 0.0519. The van der Waals surface area contributed by atoms with E-state index in [-0.39, 0.29) is 29.8 Å². The van der Waals surface area contributed by atoms with Crippen molar-refractivity contribution in [2.24, 2.45) is 0 Å². The Morgan fingerprint density at radius 3 is 2.06 bits per heavy atom. The zero-order valence-corrected chi connectivity index (χ0v) is 21.5. The number of aliphatic hydroxyl groups is 1. The molecule has 0 aliphatic carbocycles. The average molecular weight is 450 g/mol. The zero-order valence-electron chi connectivity index (χ0n) is 21.5. The van der Waals surface area contributed by atoms with Crippen LogP contribution in [-0.2, 0) is 17.4 Å². The van der Waals surface area contributed by atoms with Crippen LogP contribution in [0, 0.1) is 13.8 Å². The van der Waals surface area contributed by atoms with Crippen LogP contribution in [-0.4, -0.2) is 33.6 Å². The standard InChI is InChI=1S/C28H39N3O2/c1-18-12-23-24(13-19(18)2)31(26(30-23)29-10-9-11-32)17-25(33)20-14-21(27(3,4)5)16-22(15-20)28(6,7)8/h12-16,32H,9-11,17H2,1-8H3,(H,29,30). The molecule has 3 aromatic rings. The van der Waals surface area contributed by atoms with Crippen LogP contribution in [0.3, 0.4) is 0 Å². The van der Waals surface area contributed by atoms with Crippen LogP contribution in [0.25, 0.3) is 11.0 Å². The number of imidazole rings is 1. The van der Waals surface area contributed by atoms with Crippen molar-refractivity contribution in [3.63, 3.8) is 0 Å². The van der Waals surface area contributed by atoms with Crippen molar-refractivity contribution in [3.8, 4) is 0 Å². The summed E-state index contributed by atoms with van der Waals surface area (Å²) in [5.74, 6) is 0.731. The Morgan fingerprint density at radius 2 is 1.52 bits per heavy atom. The van der Waals surface area contributed by atoms with Gasteiger partial charge in [-0.1, -0.05) is 47.6 Å². The topological polar surface area (TPSA) is 67.2 Å². The second-order valence-corrected chi connectivity index (χ2v) is 11.2. The number of aliphatic hydroxyl groups excluding tert-OH is 1. The Hall–Kier alpha value is -2.66. The summed E-state index contributed by atoms with van der Waals surface area (Å²) in [5.41, 5.74) is 7.13. The largest absolute Gasteiger partial charge is 0.396 e. The van der Waals surface area contributed by atoms with Gasteiger partial charge in [0.25, 0.3) is 0 Å². The Balaban J connectivity index is 2.07. The number of carbonyl (C=O) groups is 1. The first-order chi connectivity index (χ1) is 15.3. The third-order valence-electron chi connectivity index (χ3n) is 6.27. The molecule has 0 saturated heterocycles. The number of nitrogens with one attached hydrogen (secondary N) is 1. The Bertz CT molecular complexity index is 1130. The maximum absolute atomic E-state index is 13.6. The molecular weight excluding hydrogens is 410 g/mol. The van der Waals surface area contributed by atoms with Crippen molar-refractivity contribution in [2.75, 3.05) is 18.5 Å². The van der Waals surface area contributed by atoms with Gasteiger partial charge in [0.05, 0.1) is 17.6 Å². The van der Waals surface area contributed by atoms with E-state index in [1.165, 1.54) is 22.3 Å². The number of hydrogen-bond acceptors (Lipinski definition) is 4. The van der Waals surface area contributed by atoms with E-state index in [0.717, 1.165) is 16.6 Å². The lowest BCUT2D eigenvalue weighted by Crippen LogP contribution is -2.20. The van der Waals surface area contributed by atoms with Crippen LogP contribution in [0.4, 0.5) is 5.95 Å². The number of fused-ring (bicyclic) bond motifs is 1. The monoisotopic (exact) mass is 449 g/mol. The van der Waals surface area contributed by atoms with Crippen molar-refractivity contribution >= 4 is 22.8 Å². The highest BCUT2D eigenvalue weighted by Gasteiger charge is 2.23. The highest BCUT2D eigenvalue weighted by molar-refractivity contribution is 5.97. The van der Waals surface area contributed by atoms with Crippen LogP contribution >= 0.6 is 0 Å². The molecule has 0 amide bonds. The molecule has 0 bridgehead atoms. The van der Waals surface area contributed by atoms with Gasteiger partial charge in [-0.2, -0.15) is 0 Å². The fraction of sp³-hybridized carbons (Fsp3) is 0.500. The molecule has 0 saturated carbocycles. The van der Waals surface area contributed by atoms with Gasteiger partial charge < -0.3 is 15.0 Å². The lowest BCUT2D eigenvalue weighted by Gasteiger charge is -2.26. The van der Waals surface area contributed by atoms with Crippen LogP contribution in [0.1, 0.15) is 80.6 Å². The van der Waals surface area contributed by atoms with E-state index in [2.05, 4.69) is 78.9 Å².